The molecule has 0 aromatic heterocycles. The molecule has 46 heavy (non-hydrogen) atoms. The first-order valence-corrected chi connectivity index (χ1v) is 16.0. The predicted octanol–water partition coefficient (Wildman–Crippen LogP) is 4.57. The van der Waals surface area contributed by atoms with Gasteiger partial charge in [-0.3, -0.25) is 15.0 Å². The minimum absolute atomic E-state index is 0.0437. The quantitative estimate of drug-likeness (QED) is 0.226. The fraction of sp³-hybridized carbons (Fsp3) is 0.281. The van der Waals surface area contributed by atoms with Crippen molar-refractivity contribution in [3.63, 3.8) is 0 Å². The van der Waals surface area contributed by atoms with E-state index >= 15 is 0 Å². The Labute approximate surface area is 273 Å². The number of carbonyl (C=O) groups is 5. The molecule has 0 spiro atoms. The molecule has 3 N–H and O–H groups in total. The van der Waals surface area contributed by atoms with Crippen LogP contribution < -0.4 is 5.32 Å². The minimum atomic E-state index is -1.10. The highest BCUT2D eigenvalue weighted by Crippen LogP contribution is 2.42. The van der Waals surface area contributed by atoms with Gasteiger partial charge >= 0.3 is 30.0 Å². The summed E-state index contributed by atoms with van der Waals surface area (Å²) in [6.45, 7) is 0.0437. The van der Waals surface area contributed by atoms with Crippen molar-refractivity contribution in [2.24, 2.45) is 0 Å². The van der Waals surface area contributed by atoms with Crippen molar-refractivity contribution in [3.05, 3.63) is 107 Å². The first-order valence-electron chi connectivity index (χ1n) is 13.9. The van der Waals surface area contributed by atoms with E-state index in [4.69, 9.17) is 14.6 Å². The van der Waals surface area contributed by atoms with Crippen LogP contribution in [0.1, 0.15) is 48.2 Å². The molecule has 0 radical (unpaired) electrons. The Bertz CT molecular complexity index is 1570. The maximum atomic E-state index is 12.7. The molecule has 1 amide bonds. The molecule has 2 heterocycles. The van der Waals surface area contributed by atoms with Crippen LogP contribution in [-0.2, 0) is 30.4 Å². The summed E-state index contributed by atoms with van der Waals surface area (Å²) < 4.78 is 14.7. The van der Waals surface area contributed by atoms with Gasteiger partial charge in [0, 0.05) is 11.5 Å². The summed E-state index contributed by atoms with van der Waals surface area (Å²) in [5, 5.41) is 20.8. The molecule has 2 aliphatic heterocycles. The Morgan fingerprint density at radius 3 is 1.96 bits per heavy atom. The number of hydrogen-bond acceptors (Lipinski definition) is 11. The van der Waals surface area contributed by atoms with Crippen molar-refractivity contribution in [2.45, 2.75) is 29.4 Å². The van der Waals surface area contributed by atoms with E-state index < -0.39 is 47.4 Å². The third kappa shape index (κ3) is 8.59. The Morgan fingerprint density at radius 2 is 1.39 bits per heavy atom. The normalized spacial score (nSPS) is 20.2. The zero-order chi connectivity index (χ0) is 33.2. The van der Waals surface area contributed by atoms with Crippen LogP contribution in [-0.4, -0.2) is 82.9 Å². The number of thioether (sulfide) groups is 2. The van der Waals surface area contributed by atoms with Crippen LogP contribution in [0.15, 0.2) is 78.9 Å². The molecule has 4 atom stereocenters. The first-order chi connectivity index (χ1) is 22.1. The lowest BCUT2D eigenvalue weighted by atomic mass is 10.1. The number of hydrogen-bond donors (Lipinski definition) is 3. The number of ether oxygens (including phenoxy) is 3. The number of methoxy groups -OCH3 is 2. The summed E-state index contributed by atoms with van der Waals surface area (Å²) in [7, 11) is 2.62. The van der Waals surface area contributed by atoms with Crippen LogP contribution >= 0.6 is 23.5 Å². The Balaban J connectivity index is 0.000000230. The van der Waals surface area contributed by atoms with Gasteiger partial charge in [-0.15, -0.1) is 23.5 Å². The molecule has 0 aliphatic carbocycles. The average Bonchev–Trinajstić information content (AvgIpc) is 3.76. The van der Waals surface area contributed by atoms with E-state index in [9.17, 15) is 29.1 Å². The predicted molar refractivity (Wildman–Crippen MR) is 170 cm³/mol. The van der Waals surface area contributed by atoms with Gasteiger partial charge in [-0.2, -0.15) is 0 Å². The molecular weight excluding hydrogens is 636 g/mol. The molecule has 2 saturated heterocycles. The second-order valence-corrected chi connectivity index (χ2v) is 12.2. The molecular formula is C32H32N2O10S2. The van der Waals surface area contributed by atoms with Crippen LogP contribution in [0.25, 0.3) is 0 Å². The van der Waals surface area contributed by atoms with E-state index in [1.165, 1.54) is 42.6 Å². The number of carboxylic acid groups (broad SMARTS) is 2. The average molecular weight is 669 g/mol. The molecule has 0 saturated carbocycles. The van der Waals surface area contributed by atoms with Crippen LogP contribution in [0.5, 0.6) is 0 Å². The number of rotatable bonds is 8. The van der Waals surface area contributed by atoms with Gasteiger partial charge in [-0.1, -0.05) is 54.6 Å². The fourth-order valence-electron chi connectivity index (χ4n) is 4.66. The summed E-state index contributed by atoms with van der Waals surface area (Å²) in [6, 6.07) is 21.2. The third-order valence-corrected chi connectivity index (χ3v) is 9.58. The van der Waals surface area contributed by atoms with E-state index in [1.807, 2.05) is 36.4 Å². The van der Waals surface area contributed by atoms with Gasteiger partial charge in [0.1, 0.15) is 24.1 Å². The summed E-state index contributed by atoms with van der Waals surface area (Å²) in [5.74, 6) is -2.11. The standard InChI is InChI=1S/C20H19NO6S.C12H13NO4S/c1-26-19(24)15-9-5-8-14(10-15)17-21(16(12-28-17)18(22)23)20(25)27-11-13-6-3-2-4-7-13;1-17-12(16)8-4-2-3-7(5-8)10-13-9(6-18-10)11(14)15/h2-10,16-17H,11-12H2,1H3,(H,22,23);2-5,9-10,13H,6H2,1H3,(H,14,15)/t16?,17-;9?,10-/m11/s1. The SMILES string of the molecule is COC(=O)c1cccc([C@@H]2NC(C(=O)O)CS2)c1.COC(=O)c1cccc([C@H]2SCC(C(=O)O)N2C(=O)OCc2ccccc2)c1. The van der Waals surface area contributed by atoms with Crippen LogP contribution in [0.3, 0.4) is 0 Å². The molecule has 3 aromatic rings. The largest absolute Gasteiger partial charge is 0.480 e. The second kappa shape index (κ2) is 16.2. The van der Waals surface area contributed by atoms with Gasteiger partial charge < -0.3 is 24.4 Å². The van der Waals surface area contributed by atoms with Gasteiger partial charge in [0.25, 0.3) is 0 Å². The van der Waals surface area contributed by atoms with Gasteiger partial charge in [0.05, 0.1) is 30.7 Å². The van der Waals surface area contributed by atoms with Gasteiger partial charge in [0.2, 0.25) is 0 Å². The molecule has 3 aromatic carbocycles. The van der Waals surface area contributed by atoms with E-state index in [1.54, 1.807) is 42.5 Å². The van der Waals surface area contributed by atoms with Crippen molar-refractivity contribution in [2.75, 3.05) is 25.7 Å². The number of nitrogens with zero attached hydrogens (tertiary/aromatic N) is 1. The molecule has 242 valence electrons. The van der Waals surface area contributed by atoms with Crippen LogP contribution in [0, 0.1) is 0 Å². The van der Waals surface area contributed by atoms with Crippen molar-refractivity contribution >= 4 is 53.5 Å². The number of benzene rings is 3. The minimum Gasteiger partial charge on any atom is -0.480 e. The second-order valence-electron chi connectivity index (χ2n) is 9.99. The van der Waals surface area contributed by atoms with Crippen molar-refractivity contribution in [1.82, 2.24) is 10.2 Å². The zero-order valence-electron chi connectivity index (χ0n) is 24.9. The highest BCUT2D eigenvalue weighted by molar-refractivity contribution is 8.00. The highest BCUT2D eigenvalue weighted by Gasteiger charge is 2.43. The molecule has 2 aliphatic rings. The maximum Gasteiger partial charge on any atom is 0.412 e. The maximum absolute atomic E-state index is 12.7. The summed E-state index contributed by atoms with van der Waals surface area (Å²) in [4.78, 5) is 59.7. The first kappa shape index (κ1) is 34.3. The van der Waals surface area contributed by atoms with Crippen molar-refractivity contribution in [1.29, 1.82) is 0 Å². The monoisotopic (exact) mass is 668 g/mol. The number of nitrogens with one attached hydrogen (secondary N) is 1. The van der Waals surface area contributed by atoms with Crippen molar-refractivity contribution in [3.8, 4) is 0 Å². The van der Waals surface area contributed by atoms with Crippen LogP contribution in [0.2, 0.25) is 0 Å². The highest BCUT2D eigenvalue weighted by atomic mass is 32.2. The smallest absolute Gasteiger partial charge is 0.412 e. The third-order valence-electron chi connectivity index (χ3n) is 6.98. The zero-order valence-corrected chi connectivity index (χ0v) is 26.5. The van der Waals surface area contributed by atoms with E-state index in [-0.39, 0.29) is 17.7 Å². The lowest BCUT2D eigenvalue weighted by molar-refractivity contribution is -0.142. The van der Waals surface area contributed by atoms with Crippen molar-refractivity contribution < 1.29 is 48.4 Å². The summed E-state index contributed by atoms with van der Waals surface area (Å²) in [6.07, 6.45) is -0.713. The van der Waals surface area contributed by atoms with E-state index in [2.05, 4.69) is 10.1 Å². The number of aliphatic carboxylic acids is 2. The lowest BCUT2D eigenvalue weighted by Crippen LogP contribution is -2.43. The Kier molecular flexibility index (Phi) is 12.1. The molecule has 5 rings (SSSR count). The number of carboxylic acids is 2. The van der Waals surface area contributed by atoms with Gasteiger partial charge in [0.15, 0.2) is 0 Å². The number of amides is 1. The van der Waals surface area contributed by atoms with E-state index in [0.29, 0.717) is 22.4 Å². The fourth-order valence-corrected chi connectivity index (χ4v) is 7.28. The molecule has 2 fully saturated rings. The molecule has 2 unspecified atom stereocenters. The lowest BCUT2D eigenvalue weighted by Gasteiger charge is -2.27. The van der Waals surface area contributed by atoms with Gasteiger partial charge in [-0.05, 0) is 41.0 Å². The van der Waals surface area contributed by atoms with Gasteiger partial charge in [-0.25, -0.2) is 19.2 Å². The number of carbonyl (C=O) groups excluding carboxylic acids is 3. The summed E-state index contributed by atoms with van der Waals surface area (Å²) in [5.41, 5.74) is 3.12. The molecule has 12 nitrogen and oxygen atoms in total. The van der Waals surface area contributed by atoms with Crippen LogP contribution in [0.4, 0.5) is 4.79 Å². The topological polar surface area (TPSA) is 169 Å². The molecule has 0 bridgehead atoms. The Morgan fingerprint density at radius 1 is 0.783 bits per heavy atom. The molecule has 14 heteroatoms. The number of esters is 2. The van der Waals surface area contributed by atoms with E-state index in [0.717, 1.165) is 11.1 Å². The summed E-state index contributed by atoms with van der Waals surface area (Å²) >= 11 is 2.83. The Hall–Kier alpha value is -4.53.